The molecule has 0 spiro atoms. The molecule has 5 heteroatoms. The Morgan fingerprint density at radius 2 is 1.86 bits per heavy atom. The third-order valence-corrected chi connectivity index (χ3v) is 3.11. The predicted octanol–water partition coefficient (Wildman–Crippen LogP) is 3.40. The number of nitrogens with one attached hydrogen (secondary N) is 1. The third-order valence-electron chi connectivity index (χ3n) is 3.11. The maximum atomic E-state index is 5.43. The van der Waals surface area contributed by atoms with Gasteiger partial charge < -0.3 is 10.1 Å². The van der Waals surface area contributed by atoms with Crippen molar-refractivity contribution in [3.63, 3.8) is 0 Å². The quantitative estimate of drug-likeness (QED) is 0.812. The van der Waals surface area contributed by atoms with Gasteiger partial charge in [0.25, 0.3) is 0 Å². The van der Waals surface area contributed by atoms with E-state index in [1.807, 2.05) is 25.3 Å². The fourth-order valence-electron chi connectivity index (χ4n) is 2.13. The lowest BCUT2D eigenvalue weighted by Crippen LogP contribution is -2.16. The van der Waals surface area contributed by atoms with Crippen molar-refractivity contribution in [3.8, 4) is 5.75 Å². The van der Waals surface area contributed by atoms with Gasteiger partial charge in [-0.05, 0) is 37.1 Å². The van der Waals surface area contributed by atoms with Crippen LogP contribution < -0.4 is 10.1 Å². The van der Waals surface area contributed by atoms with Crippen molar-refractivity contribution in [1.82, 2.24) is 15.1 Å². The Morgan fingerprint density at radius 1 is 1.10 bits per heavy atom. The van der Waals surface area contributed by atoms with Gasteiger partial charge in [0.05, 0.1) is 12.3 Å². The summed E-state index contributed by atoms with van der Waals surface area (Å²) in [5, 5.41) is 7.78. The molecule has 0 amide bonds. The van der Waals surface area contributed by atoms with Gasteiger partial charge in [-0.15, -0.1) is 12.4 Å². The van der Waals surface area contributed by atoms with Crippen molar-refractivity contribution in [2.75, 3.05) is 6.61 Å². The summed E-state index contributed by atoms with van der Waals surface area (Å²) in [5.41, 5.74) is 2.49. The SMILES string of the molecule is CCCn1nccc1CNCc1ccc(OCC)cc1.Cl. The Morgan fingerprint density at radius 3 is 2.52 bits per heavy atom. The number of halogens is 1. The van der Waals surface area contributed by atoms with Crippen molar-refractivity contribution in [1.29, 1.82) is 0 Å². The van der Waals surface area contributed by atoms with Crippen LogP contribution >= 0.6 is 12.4 Å². The van der Waals surface area contributed by atoms with E-state index in [4.69, 9.17) is 4.74 Å². The van der Waals surface area contributed by atoms with Crippen LogP contribution in [0.1, 0.15) is 31.5 Å². The minimum absolute atomic E-state index is 0. The first-order valence-corrected chi connectivity index (χ1v) is 7.26. The van der Waals surface area contributed by atoms with Crippen LogP contribution in [0.4, 0.5) is 0 Å². The molecule has 0 bridgehead atoms. The summed E-state index contributed by atoms with van der Waals surface area (Å²) < 4.78 is 7.50. The van der Waals surface area contributed by atoms with E-state index in [0.29, 0.717) is 6.61 Å². The Balaban J connectivity index is 0.00000220. The summed E-state index contributed by atoms with van der Waals surface area (Å²) in [7, 11) is 0. The van der Waals surface area contributed by atoms with Crippen LogP contribution in [0.25, 0.3) is 0 Å². The Kier molecular flexibility index (Phi) is 7.87. The van der Waals surface area contributed by atoms with Gasteiger partial charge in [0.1, 0.15) is 5.75 Å². The molecule has 1 aromatic carbocycles. The van der Waals surface area contributed by atoms with Gasteiger partial charge in [0.15, 0.2) is 0 Å². The molecule has 0 aliphatic carbocycles. The fraction of sp³-hybridized carbons (Fsp3) is 0.438. The highest BCUT2D eigenvalue weighted by molar-refractivity contribution is 5.85. The molecule has 0 aliphatic rings. The highest BCUT2D eigenvalue weighted by Gasteiger charge is 2.01. The lowest BCUT2D eigenvalue weighted by atomic mass is 10.2. The lowest BCUT2D eigenvalue weighted by molar-refractivity contribution is 0.340. The number of benzene rings is 1. The zero-order valence-electron chi connectivity index (χ0n) is 12.7. The van der Waals surface area contributed by atoms with E-state index in [0.717, 1.165) is 31.8 Å². The summed E-state index contributed by atoms with van der Waals surface area (Å²) in [6.07, 6.45) is 2.97. The number of hydrogen-bond donors (Lipinski definition) is 1. The zero-order valence-corrected chi connectivity index (χ0v) is 13.5. The third kappa shape index (κ3) is 5.40. The number of rotatable bonds is 8. The number of aryl methyl sites for hydroxylation is 1. The largest absolute Gasteiger partial charge is 0.494 e. The minimum Gasteiger partial charge on any atom is -0.494 e. The molecule has 2 rings (SSSR count). The molecule has 0 unspecified atom stereocenters. The van der Waals surface area contributed by atoms with Crippen molar-refractivity contribution >= 4 is 12.4 Å². The fourth-order valence-corrected chi connectivity index (χ4v) is 2.13. The Labute approximate surface area is 132 Å². The summed E-state index contributed by atoms with van der Waals surface area (Å²) >= 11 is 0. The number of ether oxygens (including phenoxy) is 1. The Bertz CT molecular complexity index is 510. The number of aromatic nitrogens is 2. The van der Waals surface area contributed by atoms with Gasteiger partial charge in [-0.2, -0.15) is 5.10 Å². The van der Waals surface area contributed by atoms with Crippen LogP contribution in [0, 0.1) is 0 Å². The molecule has 0 radical (unpaired) electrons. The van der Waals surface area contributed by atoms with E-state index >= 15 is 0 Å². The van der Waals surface area contributed by atoms with Crippen LogP contribution in [0.5, 0.6) is 5.75 Å². The second-order valence-electron chi connectivity index (χ2n) is 4.73. The summed E-state index contributed by atoms with van der Waals surface area (Å²) in [5.74, 6) is 0.928. The molecule has 21 heavy (non-hydrogen) atoms. The first-order chi connectivity index (χ1) is 9.83. The van der Waals surface area contributed by atoms with Crippen molar-refractivity contribution in [2.45, 2.75) is 39.9 Å². The standard InChI is InChI=1S/C16H23N3O.ClH/c1-3-11-19-15(9-10-18-19)13-17-12-14-5-7-16(8-6-14)20-4-2;/h5-10,17H,3-4,11-13H2,1-2H3;1H. The second kappa shape index (κ2) is 9.42. The maximum Gasteiger partial charge on any atom is 0.119 e. The smallest absolute Gasteiger partial charge is 0.119 e. The van der Waals surface area contributed by atoms with E-state index in [9.17, 15) is 0 Å². The average molecular weight is 310 g/mol. The van der Waals surface area contributed by atoms with E-state index in [1.54, 1.807) is 0 Å². The normalized spacial score (nSPS) is 10.2. The lowest BCUT2D eigenvalue weighted by Gasteiger charge is -2.08. The topological polar surface area (TPSA) is 39.1 Å². The van der Waals surface area contributed by atoms with Gasteiger partial charge in [0.2, 0.25) is 0 Å². The highest BCUT2D eigenvalue weighted by atomic mass is 35.5. The van der Waals surface area contributed by atoms with Crippen LogP contribution in [-0.4, -0.2) is 16.4 Å². The molecule has 1 N–H and O–H groups in total. The highest BCUT2D eigenvalue weighted by Crippen LogP contribution is 2.12. The van der Waals surface area contributed by atoms with Gasteiger partial charge >= 0.3 is 0 Å². The molecule has 4 nitrogen and oxygen atoms in total. The van der Waals surface area contributed by atoms with E-state index in [1.165, 1.54) is 11.3 Å². The molecule has 1 aromatic heterocycles. The van der Waals surface area contributed by atoms with Crippen LogP contribution in [0.15, 0.2) is 36.5 Å². The monoisotopic (exact) mass is 309 g/mol. The molecule has 0 saturated carbocycles. The van der Waals surface area contributed by atoms with Gasteiger partial charge in [-0.3, -0.25) is 4.68 Å². The number of nitrogens with zero attached hydrogens (tertiary/aromatic N) is 2. The van der Waals surface area contributed by atoms with E-state index < -0.39 is 0 Å². The van der Waals surface area contributed by atoms with E-state index in [2.05, 4.69) is 40.2 Å². The molecule has 1 heterocycles. The molecule has 2 aromatic rings. The number of hydrogen-bond acceptors (Lipinski definition) is 3. The first kappa shape index (κ1) is 17.5. The Hall–Kier alpha value is -1.52. The second-order valence-corrected chi connectivity index (χ2v) is 4.73. The van der Waals surface area contributed by atoms with Crippen molar-refractivity contribution in [2.24, 2.45) is 0 Å². The maximum absolute atomic E-state index is 5.43. The molecule has 0 saturated heterocycles. The summed E-state index contributed by atoms with van der Waals surface area (Å²) in [6.45, 7) is 7.54. The average Bonchev–Trinajstić information content (AvgIpc) is 2.89. The van der Waals surface area contributed by atoms with Gasteiger partial charge in [0, 0.05) is 25.8 Å². The van der Waals surface area contributed by atoms with Gasteiger partial charge in [-0.25, -0.2) is 0 Å². The molecule has 0 atom stereocenters. The molecular formula is C16H24ClN3O. The van der Waals surface area contributed by atoms with Gasteiger partial charge in [-0.1, -0.05) is 19.1 Å². The molecule has 0 aliphatic heterocycles. The first-order valence-electron chi connectivity index (χ1n) is 7.26. The van der Waals surface area contributed by atoms with Crippen LogP contribution in [-0.2, 0) is 19.6 Å². The van der Waals surface area contributed by atoms with Crippen molar-refractivity contribution < 1.29 is 4.74 Å². The van der Waals surface area contributed by atoms with Crippen LogP contribution in [0.3, 0.4) is 0 Å². The van der Waals surface area contributed by atoms with Crippen LogP contribution in [0.2, 0.25) is 0 Å². The minimum atomic E-state index is 0. The molecule has 116 valence electrons. The molecule has 0 fully saturated rings. The summed E-state index contributed by atoms with van der Waals surface area (Å²) in [4.78, 5) is 0. The van der Waals surface area contributed by atoms with Crippen molar-refractivity contribution in [3.05, 3.63) is 47.8 Å². The predicted molar refractivity (Wildman–Crippen MR) is 87.9 cm³/mol. The summed E-state index contributed by atoms with van der Waals surface area (Å²) in [6, 6.07) is 10.3. The van der Waals surface area contributed by atoms with E-state index in [-0.39, 0.29) is 12.4 Å². The zero-order chi connectivity index (χ0) is 14.2. The molecular weight excluding hydrogens is 286 g/mol.